The van der Waals surface area contributed by atoms with Gasteiger partial charge in [-0.3, -0.25) is 0 Å². The smallest absolute Gasteiger partial charge is 0.0909 e. The highest BCUT2D eigenvalue weighted by molar-refractivity contribution is 5.09. The van der Waals surface area contributed by atoms with E-state index in [0.29, 0.717) is 6.42 Å². The molecule has 0 aliphatic heterocycles. The molecule has 1 N–H and O–H groups in total. The maximum atomic E-state index is 9.69. The predicted molar refractivity (Wildman–Crippen MR) is 54.0 cm³/mol. The first-order valence-corrected chi connectivity index (χ1v) is 4.41. The molecule has 0 unspecified atom stereocenters. The van der Waals surface area contributed by atoms with Gasteiger partial charge in [0.15, 0.2) is 0 Å². The molecular formula is C11H17NO. The molecule has 0 aromatic heterocycles. The summed E-state index contributed by atoms with van der Waals surface area (Å²) in [5.41, 5.74) is 0.391. The number of allylic oxidation sites excluding steroid dienone is 3. The Balaban J connectivity index is 3.98. The lowest BCUT2D eigenvalue weighted by atomic mass is 9.99. The van der Waals surface area contributed by atoms with Crippen molar-refractivity contribution in [3.8, 4) is 6.07 Å². The van der Waals surface area contributed by atoms with Crippen LogP contribution in [0.5, 0.6) is 0 Å². The van der Waals surface area contributed by atoms with Crippen LogP contribution >= 0.6 is 0 Å². The minimum atomic E-state index is -0.859. The third-order valence-corrected chi connectivity index (χ3v) is 1.72. The van der Waals surface area contributed by atoms with E-state index in [2.05, 4.69) is 6.08 Å². The Morgan fingerprint density at radius 2 is 2.15 bits per heavy atom. The minimum Gasteiger partial charge on any atom is -0.386 e. The first-order chi connectivity index (χ1) is 5.98. The largest absolute Gasteiger partial charge is 0.386 e. The molecule has 1 atom stereocenters. The summed E-state index contributed by atoms with van der Waals surface area (Å²) in [7, 11) is 0. The number of nitrogens with zero attached hydrogens (tertiary/aromatic N) is 1. The summed E-state index contributed by atoms with van der Waals surface area (Å²) in [6, 6.07) is 1.87. The van der Waals surface area contributed by atoms with Gasteiger partial charge in [0.1, 0.15) is 0 Å². The van der Waals surface area contributed by atoms with Gasteiger partial charge in [0.05, 0.1) is 11.7 Å². The Hall–Kier alpha value is -1.07. The average molecular weight is 179 g/mol. The van der Waals surface area contributed by atoms with Gasteiger partial charge in [0.25, 0.3) is 0 Å². The summed E-state index contributed by atoms with van der Waals surface area (Å²) in [5, 5.41) is 18.0. The molecule has 0 radical (unpaired) electrons. The fraction of sp³-hybridized carbons (Fsp3) is 0.545. The second kappa shape index (κ2) is 5.55. The van der Waals surface area contributed by atoms with Crippen molar-refractivity contribution in [1.29, 1.82) is 5.26 Å². The second-order valence-electron chi connectivity index (χ2n) is 3.64. The van der Waals surface area contributed by atoms with Crippen LogP contribution in [0.4, 0.5) is 0 Å². The van der Waals surface area contributed by atoms with E-state index in [9.17, 15) is 5.11 Å². The van der Waals surface area contributed by atoms with E-state index < -0.39 is 5.60 Å². The molecule has 0 aromatic rings. The normalized spacial score (nSPS) is 15.0. The monoisotopic (exact) mass is 179 g/mol. The molecular weight excluding hydrogens is 162 g/mol. The minimum absolute atomic E-state index is 0.649. The van der Waals surface area contributed by atoms with E-state index in [-0.39, 0.29) is 0 Å². The number of hydrogen-bond acceptors (Lipinski definition) is 2. The van der Waals surface area contributed by atoms with Gasteiger partial charge in [0.2, 0.25) is 0 Å². The summed E-state index contributed by atoms with van der Waals surface area (Å²) in [5.74, 6) is 0. The zero-order chi connectivity index (χ0) is 10.3. The van der Waals surface area contributed by atoms with E-state index in [1.807, 2.05) is 19.9 Å². The van der Waals surface area contributed by atoms with Crippen LogP contribution in [0.25, 0.3) is 0 Å². The first-order valence-electron chi connectivity index (χ1n) is 4.41. The lowest BCUT2D eigenvalue weighted by Crippen LogP contribution is -2.19. The highest BCUT2D eigenvalue weighted by Gasteiger charge is 2.14. The van der Waals surface area contributed by atoms with Gasteiger partial charge in [-0.25, -0.2) is 0 Å². The number of nitriles is 1. The van der Waals surface area contributed by atoms with Crippen molar-refractivity contribution >= 4 is 0 Å². The molecule has 0 bridgehead atoms. The van der Waals surface area contributed by atoms with Crippen LogP contribution in [0.1, 0.15) is 33.6 Å². The summed E-state index contributed by atoms with van der Waals surface area (Å²) < 4.78 is 0. The summed E-state index contributed by atoms with van der Waals surface area (Å²) in [4.78, 5) is 0. The van der Waals surface area contributed by atoms with Gasteiger partial charge in [-0.1, -0.05) is 11.6 Å². The van der Waals surface area contributed by atoms with Crippen LogP contribution in [0.15, 0.2) is 23.8 Å². The van der Waals surface area contributed by atoms with E-state index >= 15 is 0 Å². The van der Waals surface area contributed by atoms with Crippen LogP contribution in [0.2, 0.25) is 0 Å². The van der Waals surface area contributed by atoms with Gasteiger partial charge in [0, 0.05) is 6.08 Å². The van der Waals surface area contributed by atoms with Gasteiger partial charge in [-0.15, -0.1) is 0 Å². The van der Waals surface area contributed by atoms with Crippen molar-refractivity contribution in [2.45, 2.75) is 39.2 Å². The zero-order valence-electron chi connectivity index (χ0n) is 8.54. The maximum absolute atomic E-state index is 9.69. The topological polar surface area (TPSA) is 44.0 Å². The molecule has 0 heterocycles. The third-order valence-electron chi connectivity index (χ3n) is 1.72. The zero-order valence-corrected chi connectivity index (χ0v) is 8.54. The van der Waals surface area contributed by atoms with E-state index in [4.69, 9.17) is 5.26 Å². The van der Waals surface area contributed by atoms with Crippen molar-refractivity contribution in [2.24, 2.45) is 0 Å². The molecule has 0 aliphatic rings. The van der Waals surface area contributed by atoms with Gasteiger partial charge >= 0.3 is 0 Å². The molecule has 0 fully saturated rings. The van der Waals surface area contributed by atoms with E-state index in [1.54, 1.807) is 6.92 Å². The molecule has 2 heteroatoms. The maximum Gasteiger partial charge on any atom is 0.0909 e. The fourth-order valence-corrected chi connectivity index (χ4v) is 0.953. The summed E-state index contributed by atoms with van der Waals surface area (Å²) in [6.07, 6.45) is 6.42. The summed E-state index contributed by atoms with van der Waals surface area (Å²) in [6.45, 7) is 5.76. The molecule has 0 aliphatic carbocycles. The van der Waals surface area contributed by atoms with Crippen molar-refractivity contribution < 1.29 is 5.11 Å². The lowest BCUT2D eigenvalue weighted by molar-refractivity contribution is 0.103. The molecule has 0 spiro atoms. The quantitative estimate of drug-likeness (QED) is 0.532. The SMILES string of the molecule is CC(C)=CCC[C@@](C)(O)/C=C/C#N. The third kappa shape index (κ3) is 7.30. The summed E-state index contributed by atoms with van der Waals surface area (Å²) >= 11 is 0. The standard InChI is InChI=1S/C11H17NO/c1-10(2)6-4-7-11(3,13)8-5-9-12/h5-6,8,13H,4,7H2,1-3H3/b8-5+/t11-/m1/s1. The predicted octanol–water partition coefficient (Wildman–Crippen LogP) is 2.56. The molecule has 0 saturated heterocycles. The first kappa shape index (κ1) is 11.9. The number of aliphatic hydroxyl groups is 1. The highest BCUT2D eigenvalue weighted by Crippen LogP contribution is 2.14. The van der Waals surface area contributed by atoms with E-state index in [1.165, 1.54) is 17.7 Å². The number of hydrogen-bond donors (Lipinski definition) is 1. The molecule has 72 valence electrons. The average Bonchev–Trinajstić information content (AvgIpc) is 2.00. The molecule has 0 saturated carbocycles. The Kier molecular flexibility index (Phi) is 5.10. The van der Waals surface area contributed by atoms with Crippen LogP contribution in [-0.4, -0.2) is 10.7 Å². The molecule has 2 nitrogen and oxygen atoms in total. The van der Waals surface area contributed by atoms with Crippen LogP contribution in [0, 0.1) is 11.3 Å². The van der Waals surface area contributed by atoms with E-state index in [0.717, 1.165) is 6.42 Å². The number of rotatable bonds is 4. The molecule has 13 heavy (non-hydrogen) atoms. The molecule has 0 rings (SSSR count). The molecule has 0 aromatic carbocycles. The Morgan fingerprint density at radius 3 is 2.62 bits per heavy atom. The van der Waals surface area contributed by atoms with Crippen molar-refractivity contribution in [3.05, 3.63) is 23.8 Å². The lowest BCUT2D eigenvalue weighted by Gasteiger charge is -2.16. The Labute approximate surface area is 80.2 Å². The Morgan fingerprint density at radius 1 is 1.54 bits per heavy atom. The highest BCUT2D eigenvalue weighted by atomic mass is 16.3. The van der Waals surface area contributed by atoms with Crippen LogP contribution in [0.3, 0.4) is 0 Å². The second-order valence-corrected chi connectivity index (χ2v) is 3.64. The van der Waals surface area contributed by atoms with Gasteiger partial charge in [-0.05, 0) is 39.7 Å². The van der Waals surface area contributed by atoms with Crippen LogP contribution in [-0.2, 0) is 0 Å². The van der Waals surface area contributed by atoms with Gasteiger partial charge < -0.3 is 5.11 Å². The van der Waals surface area contributed by atoms with Crippen molar-refractivity contribution in [3.63, 3.8) is 0 Å². The van der Waals surface area contributed by atoms with Crippen molar-refractivity contribution in [2.75, 3.05) is 0 Å². The fourth-order valence-electron chi connectivity index (χ4n) is 0.953. The Bertz CT molecular complexity index is 239. The van der Waals surface area contributed by atoms with Crippen molar-refractivity contribution in [1.82, 2.24) is 0 Å². The van der Waals surface area contributed by atoms with Crippen LogP contribution < -0.4 is 0 Å². The van der Waals surface area contributed by atoms with Gasteiger partial charge in [-0.2, -0.15) is 5.26 Å². The molecule has 0 amide bonds.